The van der Waals surface area contributed by atoms with Crippen LogP contribution in [0.5, 0.6) is 0 Å². The average Bonchev–Trinajstić information content (AvgIpc) is 2.34. The van der Waals surface area contributed by atoms with Gasteiger partial charge in [0.25, 0.3) is 0 Å². The Kier molecular flexibility index (Phi) is 3.96. The number of anilines is 1. The number of aryl methyl sites for hydroxylation is 1. The lowest BCUT2D eigenvalue weighted by atomic mass is 9.71. The van der Waals surface area contributed by atoms with Crippen molar-refractivity contribution in [2.24, 2.45) is 11.8 Å². The minimum Gasteiger partial charge on any atom is -0.394 e. The number of aliphatic hydroxyl groups is 1. The molecule has 0 radical (unpaired) electrons. The van der Waals surface area contributed by atoms with Gasteiger partial charge in [0.15, 0.2) is 0 Å². The van der Waals surface area contributed by atoms with Crippen molar-refractivity contribution in [3.05, 3.63) is 29.8 Å². The van der Waals surface area contributed by atoms with Gasteiger partial charge in [0.1, 0.15) is 0 Å². The minimum atomic E-state index is -0.125. The molecule has 0 heterocycles. The summed E-state index contributed by atoms with van der Waals surface area (Å²) in [5.74, 6) is 1.44. The fourth-order valence-corrected chi connectivity index (χ4v) is 3.03. The number of rotatable bonds is 3. The van der Waals surface area contributed by atoms with Crippen molar-refractivity contribution in [1.82, 2.24) is 0 Å². The summed E-state index contributed by atoms with van der Waals surface area (Å²) in [4.78, 5) is 0. The van der Waals surface area contributed by atoms with Gasteiger partial charge in [-0.15, -0.1) is 0 Å². The van der Waals surface area contributed by atoms with Crippen LogP contribution in [-0.4, -0.2) is 17.3 Å². The quantitative estimate of drug-likeness (QED) is 0.855. The molecule has 2 rings (SSSR count). The fraction of sp³-hybridized carbons (Fsp3) is 0.625. The molecule has 3 unspecified atom stereocenters. The standard InChI is InChI=1S/C16H25NO/c1-12-5-4-6-15(9-12)17-16(11-18)8-7-13(2)14(3)10-16/h4-6,9,13-14,17-18H,7-8,10-11H2,1-3H3. The molecule has 0 aromatic heterocycles. The van der Waals surface area contributed by atoms with Crippen molar-refractivity contribution in [1.29, 1.82) is 0 Å². The first-order valence-corrected chi connectivity index (χ1v) is 7.00. The predicted octanol–water partition coefficient (Wildman–Crippen LogP) is 3.59. The van der Waals surface area contributed by atoms with E-state index in [1.807, 2.05) is 0 Å². The van der Waals surface area contributed by atoms with Gasteiger partial charge in [-0.1, -0.05) is 26.0 Å². The van der Waals surface area contributed by atoms with Crippen LogP contribution in [0.15, 0.2) is 24.3 Å². The Balaban J connectivity index is 2.13. The van der Waals surface area contributed by atoms with Crippen LogP contribution in [0.3, 0.4) is 0 Å². The highest BCUT2D eigenvalue weighted by molar-refractivity contribution is 5.48. The average molecular weight is 247 g/mol. The van der Waals surface area contributed by atoms with Gasteiger partial charge in [-0.25, -0.2) is 0 Å². The molecule has 3 atom stereocenters. The van der Waals surface area contributed by atoms with Crippen LogP contribution in [0.25, 0.3) is 0 Å². The lowest BCUT2D eigenvalue weighted by Gasteiger charge is -2.43. The number of hydrogen-bond acceptors (Lipinski definition) is 2. The van der Waals surface area contributed by atoms with E-state index in [4.69, 9.17) is 0 Å². The Morgan fingerprint density at radius 2 is 2.11 bits per heavy atom. The van der Waals surface area contributed by atoms with E-state index >= 15 is 0 Å². The highest BCUT2D eigenvalue weighted by Gasteiger charge is 2.37. The molecule has 2 nitrogen and oxygen atoms in total. The normalized spacial score (nSPS) is 32.2. The topological polar surface area (TPSA) is 32.3 Å². The maximum atomic E-state index is 9.81. The third-order valence-corrected chi connectivity index (χ3v) is 4.49. The molecule has 100 valence electrons. The minimum absolute atomic E-state index is 0.125. The molecule has 1 aromatic rings. The van der Waals surface area contributed by atoms with Gasteiger partial charge in [-0.05, 0) is 55.7 Å². The monoisotopic (exact) mass is 247 g/mol. The Morgan fingerprint density at radius 1 is 1.33 bits per heavy atom. The largest absolute Gasteiger partial charge is 0.394 e. The highest BCUT2D eigenvalue weighted by Crippen LogP contribution is 2.38. The van der Waals surface area contributed by atoms with Crippen LogP contribution >= 0.6 is 0 Å². The maximum absolute atomic E-state index is 9.81. The Hall–Kier alpha value is -1.02. The zero-order valence-corrected chi connectivity index (χ0v) is 11.7. The van der Waals surface area contributed by atoms with Crippen molar-refractivity contribution < 1.29 is 5.11 Å². The van der Waals surface area contributed by atoms with E-state index in [9.17, 15) is 5.11 Å². The first-order valence-electron chi connectivity index (χ1n) is 7.00. The van der Waals surface area contributed by atoms with Crippen molar-refractivity contribution in [2.75, 3.05) is 11.9 Å². The second-order valence-electron chi connectivity index (χ2n) is 6.13. The van der Waals surface area contributed by atoms with E-state index in [0.29, 0.717) is 5.92 Å². The second kappa shape index (κ2) is 5.31. The molecule has 1 saturated carbocycles. The molecular formula is C16H25NO. The van der Waals surface area contributed by atoms with E-state index in [2.05, 4.69) is 50.4 Å². The van der Waals surface area contributed by atoms with Gasteiger partial charge in [0, 0.05) is 5.69 Å². The lowest BCUT2D eigenvalue weighted by Crippen LogP contribution is -2.47. The molecule has 18 heavy (non-hydrogen) atoms. The molecule has 0 amide bonds. The van der Waals surface area contributed by atoms with Crippen LogP contribution in [0.2, 0.25) is 0 Å². The summed E-state index contributed by atoms with van der Waals surface area (Å²) in [7, 11) is 0. The molecule has 0 bridgehead atoms. The first-order chi connectivity index (χ1) is 8.54. The number of hydrogen-bond donors (Lipinski definition) is 2. The highest BCUT2D eigenvalue weighted by atomic mass is 16.3. The lowest BCUT2D eigenvalue weighted by molar-refractivity contribution is 0.121. The summed E-state index contributed by atoms with van der Waals surface area (Å²) in [6.45, 7) is 6.94. The Bertz CT molecular complexity index is 404. The van der Waals surface area contributed by atoms with Crippen molar-refractivity contribution in [2.45, 2.75) is 45.6 Å². The zero-order chi connectivity index (χ0) is 13.2. The molecule has 2 N–H and O–H groups in total. The molecular weight excluding hydrogens is 222 g/mol. The molecule has 2 heteroatoms. The third kappa shape index (κ3) is 2.86. The van der Waals surface area contributed by atoms with Crippen molar-refractivity contribution in [3.8, 4) is 0 Å². The van der Waals surface area contributed by atoms with Crippen LogP contribution in [0.1, 0.15) is 38.7 Å². The van der Waals surface area contributed by atoms with Gasteiger partial charge in [0.05, 0.1) is 12.1 Å². The number of nitrogens with one attached hydrogen (secondary N) is 1. The molecule has 1 aromatic carbocycles. The van der Waals surface area contributed by atoms with E-state index < -0.39 is 0 Å². The molecule has 1 fully saturated rings. The van der Waals surface area contributed by atoms with Crippen LogP contribution in [-0.2, 0) is 0 Å². The third-order valence-electron chi connectivity index (χ3n) is 4.49. The predicted molar refractivity (Wildman–Crippen MR) is 76.8 cm³/mol. The van der Waals surface area contributed by atoms with Gasteiger partial charge in [-0.2, -0.15) is 0 Å². The molecule has 1 aliphatic carbocycles. The van der Waals surface area contributed by atoms with E-state index in [1.165, 1.54) is 12.0 Å². The summed E-state index contributed by atoms with van der Waals surface area (Å²) in [6.07, 6.45) is 3.31. The second-order valence-corrected chi connectivity index (χ2v) is 6.13. The summed E-state index contributed by atoms with van der Waals surface area (Å²) >= 11 is 0. The van der Waals surface area contributed by atoms with Gasteiger partial charge in [0.2, 0.25) is 0 Å². The van der Waals surface area contributed by atoms with Gasteiger partial charge >= 0.3 is 0 Å². The van der Waals surface area contributed by atoms with E-state index in [1.54, 1.807) is 0 Å². The summed E-state index contributed by atoms with van der Waals surface area (Å²) in [5.41, 5.74) is 2.26. The van der Waals surface area contributed by atoms with Crippen molar-refractivity contribution in [3.63, 3.8) is 0 Å². The smallest absolute Gasteiger partial charge is 0.0661 e. The maximum Gasteiger partial charge on any atom is 0.0661 e. The molecule has 0 aliphatic heterocycles. The van der Waals surface area contributed by atoms with Gasteiger partial charge in [-0.3, -0.25) is 0 Å². The molecule has 1 aliphatic rings. The Labute approximate surface area is 110 Å². The number of benzene rings is 1. The summed E-state index contributed by atoms with van der Waals surface area (Å²) in [6, 6.07) is 8.41. The summed E-state index contributed by atoms with van der Waals surface area (Å²) in [5, 5.41) is 13.4. The zero-order valence-electron chi connectivity index (χ0n) is 11.7. The molecule has 0 saturated heterocycles. The number of aliphatic hydroxyl groups excluding tert-OH is 1. The fourth-order valence-electron chi connectivity index (χ4n) is 3.03. The first kappa shape index (κ1) is 13.4. The van der Waals surface area contributed by atoms with Gasteiger partial charge < -0.3 is 10.4 Å². The molecule has 0 spiro atoms. The SMILES string of the molecule is Cc1cccc(NC2(CO)CCC(C)C(C)C2)c1. The van der Waals surface area contributed by atoms with Crippen molar-refractivity contribution >= 4 is 5.69 Å². The summed E-state index contributed by atoms with van der Waals surface area (Å²) < 4.78 is 0. The Morgan fingerprint density at radius 3 is 2.72 bits per heavy atom. The van der Waals surface area contributed by atoms with E-state index in [0.717, 1.165) is 24.4 Å². The van der Waals surface area contributed by atoms with E-state index in [-0.39, 0.29) is 12.1 Å². The van der Waals surface area contributed by atoms with Crippen LogP contribution < -0.4 is 5.32 Å². The van der Waals surface area contributed by atoms with Crippen LogP contribution in [0.4, 0.5) is 5.69 Å². The van der Waals surface area contributed by atoms with Crippen LogP contribution in [0, 0.1) is 18.8 Å².